The Morgan fingerprint density at radius 3 is 2.72 bits per heavy atom. The van der Waals surface area contributed by atoms with Crippen molar-refractivity contribution in [2.45, 2.75) is 46.1 Å². The first-order chi connectivity index (χ1) is 14.0. The Balaban J connectivity index is 1.49. The highest BCUT2D eigenvalue weighted by molar-refractivity contribution is 5.52. The number of aryl methyl sites for hydroxylation is 3. The standard InChI is InChI=1S/C22H29N7/c1-15-7-8-23-21(10-15)27-22-11-20(25-16(2)26-22)18-6-5-9-29(13-18)14-19-12-24-17(3)28(19)4/h7-8,10-12,18H,5-6,9,13-14H2,1-4H3,(H,23,25,26,27). The van der Waals surface area contributed by atoms with Crippen LogP contribution in [0.2, 0.25) is 0 Å². The van der Waals surface area contributed by atoms with Crippen LogP contribution in [0.25, 0.3) is 0 Å². The van der Waals surface area contributed by atoms with Gasteiger partial charge >= 0.3 is 0 Å². The lowest BCUT2D eigenvalue weighted by molar-refractivity contribution is 0.194. The number of nitrogens with zero attached hydrogens (tertiary/aromatic N) is 6. The summed E-state index contributed by atoms with van der Waals surface area (Å²) in [5.74, 6) is 3.87. The average molecular weight is 392 g/mol. The van der Waals surface area contributed by atoms with Gasteiger partial charge in [0.25, 0.3) is 0 Å². The zero-order valence-electron chi connectivity index (χ0n) is 17.7. The molecule has 0 spiro atoms. The molecule has 152 valence electrons. The van der Waals surface area contributed by atoms with Crippen molar-refractivity contribution in [2.24, 2.45) is 7.05 Å². The summed E-state index contributed by atoms with van der Waals surface area (Å²) in [4.78, 5) is 20.7. The van der Waals surface area contributed by atoms with Crippen molar-refractivity contribution >= 4 is 11.6 Å². The average Bonchev–Trinajstić information content (AvgIpc) is 3.00. The van der Waals surface area contributed by atoms with E-state index in [1.165, 1.54) is 17.7 Å². The molecule has 3 aromatic heterocycles. The van der Waals surface area contributed by atoms with Gasteiger partial charge < -0.3 is 9.88 Å². The first-order valence-corrected chi connectivity index (χ1v) is 10.2. The molecule has 1 unspecified atom stereocenters. The molecule has 0 aliphatic carbocycles. The molecule has 3 aromatic rings. The van der Waals surface area contributed by atoms with Crippen LogP contribution in [0.4, 0.5) is 11.6 Å². The summed E-state index contributed by atoms with van der Waals surface area (Å²) in [6.45, 7) is 9.10. The van der Waals surface area contributed by atoms with Crippen LogP contribution in [0, 0.1) is 20.8 Å². The van der Waals surface area contributed by atoms with E-state index >= 15 is 0 Å². The molecule has 0 aromatic carbocycles. The second-order valence-electron chi connectivity index (χ2n) is 8.00. The van der Waals surface area contributed by atoms with Crippen molar-refractivity contribution < 1.29 is 0 Å². The smallest absolute Gasteiger partial charge is 0.135 e. The zero-order valence-corrected chi connectivity index (χ0v) is 17.7. The molecule has 7 heteroatoms. The summed E-state index contributed by atoms with van der Waals surface area (Å²) in [5, 5.41) is 3.34. The highest BCUT2D eigenvalue weighted by atomic mass is 15.2. The van der Waals surface area contributed by atoms with Crippen molar-refractivity contribution in [1.29, 1.82) is 0 Å². The van der Waals surface area contributed by atoms with E-state index in [-0.39, 0.29) is 0 Å². The number of anilines is 2. The highest BCUT2D eigenvalue weighted by Gasteiger charge is 2.24. The fourth-order valence-corrected chi connectivity index (χ4v) is 3.97. The third kappa shape index (κ3) is 4.62. The van der Waals surface area contributed by atoms with Crippen molar-refractivity contribution in [3.8, 4) is 0 Å². The number of hydrogen-bond acceptors (Lipinski definition) is 6. The molecule has 0 radical (unpaired) electrons. The predicted molar refractivity (Wildman–Crippen MR) is 114 cm³/mol. The molecule has 1 fully saturated rings. The van der Waals surface area contributed by atoms with Crippen LogP contribution < -0.4 is 5.32 Å². The van der Waals surface area contributed by atoms with Gasteiger partial charge in [-0.25, -0.2) is 19.9 Å². The van der Waals surface area contributed by atoms with Crippen LogP contribution >= 0.6 is 0 Å². The van der Waals surface area contributed by atoms with Gasteiger partial charge in [-0.3, -0.25) is 4.90 Å². The van der Waals surface area contributed by atoms with Gasteiger partial charge in [0.05, 0.1) is 11.4 Å². The molecule has 0 amide bonds. The van der Waals surface area contributed by atoms with Crippen LogP contribution in [0.5, 0.6) is 0 Å². The predicted octanol–water partition coefficient (Wildman–Crippen LogP) is 3.65. The molecular formula is C22H29N7. The Labute approximate surface area is 172 Å². The SMILES string of the molecule is Cc1ccnc(Nc2cc(C3CCCN(Cc4cnc(C)n4C)C3)nc(C)n2)c1. The van der Waals surface area contributed by atoms with Gasteiger partial charge in [-0.05, 0) is 57.9 Å². The molecule has 29 heavy (non-hydrogen) atoms. The van der Waals surface area contributed by atoms with E-state index in [9.17, 15) is 0 Å². The first kappa shape index (κ1) is 19.5. The van der Waals surface area contributed by atoms with E-state index < -0.39 is 0 Å². The topological polar surface area (TPSA) is 71.8 Å². The monoisotopic (exact) mass is 391 g/mol. The van der Waals surface area contributed by atoms with Crippen LogP contribution in [0.3, 0.4) is 0 Å². The van der Waals surface area contributed by atoms with Crippen LogP contribution in [0.15, 0.2) is 30.6 Å². The number of imidazole rings is 1. The van der Waals surface area contributed by atoms with Crippen molar-refractivity contribution in [3.05, 3.63) is 59.2 Å². The lowest BCUT2D eigenvalue weighted by Crippen LogP contribution is -2.34. The molecule has 1 aliphatic heterocycles. The minimum absolute atomic E-state index is 0.408. The highest BCUT2D eigenvalue weighted by Crippen LogP contribution is 2.28. The van der Waals surface area contributed by atoms with Crippen LogP contribution in [-0.2, 0) is 13.6 Å². The maximum absolute atomic E-state index is 4.76. The van der Waals surface area contributed by atoms with E-state index in [2.05, 4.69) is 49.8 Å². The minimum atomic E-state index is 0.408. The van der Waals surface area contributed by atoms with E-state index in [4.69, 9.17) is 4.98 Å². The number of hydrogen-bond donors (Lipinski definition) is 1. The number of likely N-dealkylation sites (tertiary alicyclic amines) is 1. The van der Waals surface area contributed by atoms with E-state index in [1.807, 2.05) is 38.4 Å². The number of rotatable bonds is 5. The molecule has 4 rings (SSSR count). The van der Waals surface area contributed by atoms with Gasteiger partial charge in [-0.2, -0.15) is 0 Å². The normalized spacial score (nSPS) is 17.4. The van der Waals surface area contributed by atoms with Gasteiger partial charge in [-0.15, -0.1) is 0 Å². The quantitative estimate of drug-likeness (QED) is 0.716. The van der Waals surface area contributed by atoms with Gasteiger partial charge in [0.15, 0.2) is 0 Å². The third-order valence-corrected chi connectivity index (χ3v) is 5.66. The summed E-state index contributed by atoms with van der Waals surface area (Å²) in [6, 6.07) is 6.09. The van der Waals surface area contributed by atoms with E-state index in [0.717, 1.165) is 55.0 Å². The number of aromatic nitrogens is 5. The second kappa shape index (κ2) is 8.29. The minimum Gasteiger partial charge on any atom is -0.334 e. The Morgan fingerprint density at radius 1 is 1.10 bits per heavy atom. The molecule has 1 saturated heterocycles. The van der Waals surface area contributed by atoms with Crippen LogP contribution in [0.1, 0.15) is 47.4 Å². The van der Waals surface area contributed by atoms with Crippen molar-refractivity contribution in [1.82, 2.24) is 29.4 Å². The molecule has 1 atom stereocenters. The molecule has 7 nitrogen and oxygen atoms in total. The molecule has 0 saturated carbocycles. The van der Waals surface area contributed by atoms with Gasteiger partial charge in [-0.1, -0.05) is 0 Å². The maximum Gasteiger partial charge on any atom is 0.135 e. The molecule has 0 bridgehead atoms. The Morgan fingerprint density at radius 2 is 1.97 bits per heavy atom. The Kier molecular flexibility index (Phi) is 5.58. The summed E-state index contributed by atoms with van der Waals surface area (Å²) in [6.07, 6.45) is 6.13. The molecule has 1 aliphatic rings. The van der Waals surface area contributed by atoms with Gasteiger partial charge in [0.2, 0.25) is 0 Å². The van der Waals surface area contributed by atoms with E-state index in [1.54, 1.807) is 0 Å². The van der Waals surface area contributed by atoms with E-state index in [0.29, 0.717) is 5.92 Å². The number of pyridine rings is 1. The second-order valence-corrected chi connectivity index (χ2v) is 8.00. The lowest BCUT2D eigenvalue weighted by atomic mass is 9.94. The summed E-state index contributed by atoms with van der Waals surface area (Å²) < 4.78 is 2.18. The molecule has 1 N–H and O–H groups in total. The fourth-order valence-electron chi connectivity index (χ4n) is 3.97. The Hall–Kier alpha value is -2.80. The maximum atomic E-state index is 4.76. The molecule has 4 heterocycles. The summed E-state index contributed by atoms with van der Waals surface area (Å²) in [5.41, 5.74) is 3.54. The zero-order chi connectivity index (χ0) is 20.4. The summed E-state index contributed by atoms with van der Waals surface area (Å²) >= 11 is 0. The van der Waals surface area contributed by atoms with Gasteiger partial charge in [0, 0.05) is 44.5 Å². The van der Waals surface area contributed by atoms with Crippen molar-refractivity contribution in [2.75, 3.05) is 18.4 Å². The lowest BCUT2D eigenvalue weighted by Gasteiger charge is -2.32. The van der Waals surface area contributed by atoms with Gasteiger partial charge in [0.1, 0.15) is 23.3 Å². The fraction of sp³-hybridized carbons (Fsp3) is 0.455. The van der Waals surface area contributed by atoms with Crippen molar-refractivity contribution in [3.63, 3.8) is 0 Å². The largest absolute Gasteiger partial charge is 0.334 e. The summed E-state index contributed by atoms with van der Waals surface area (Å²) in [7, 11) is 2.09. The number of piperidine rings is 1. The first-order valence-electron chi connectivity index (χ1n) is 10.2. The third-order valence-electron chi connectivity index (χ3n) is 5.66. The van der Waals surface area contributed by atoms with Crippen LogP contribution in [-0.4, -0.2) is 42.5 Å². The molecular weight excluding hydrogens is 362 g/mol. The Bertz CT molecular complexity index is 995. The number of nitrogens with one attached hydrogen (secondary N) is 1.